The predicted molar refractivity (Wildman–Crippen MR) is 108 cm³/mol. The Bertz CT molecular complexity index is 985. The van der Waals surface area contributed by atoms with Crippen LogP contribution in [0.1, 0.15) is 27.0 Å². The van der Waals surface area contributed by atoms with Gasteiger partial charge in [0.15, 0.2) is 5.78 Å². The first-order chi connectivity index (χ1) is 13.7. The van der Waals surface area contributed by atoms with Crippen molar-refractivity contribution >= 4 is 11.9 Å². The van der Waals surface area contributed by atoms with E-state index in [4.69, 9.17) is 4.74 Å². The summed E-state index contributed by atoms with van der Waals surface area (Å²) >= 11 is 0. The second-order valence-corrected chi connectivity index (χ2v) is 5.99. The highest BCUT2D eigenvalue weighted by Crippen LogP contribution is 2.10. The van der Waals surface area contributed by atoms with Gasteiger partial charge in [-0.05, 0) is 29.8 Å². The second kappa shape index (κ2) is 9.75. The van der Waals surface area contributed by atoms with Gasteiger partial charge in [-0.25, -0.2) is 4.79 Å². The summed E-state index contributed by atoms with van der Waals surface area (Å²) in [7, 11) is 0. The molecule has 0 aromatic heterocycles. The first-order valence-corrected chi connectivity index (χ1v) is 8.85. The summed E-state index contributed by atoms with van der Waals surface area (Å²) in [5, 5.41) is 2.59. The summed E-state index contributed by atoms with van der Waals surface area (Å²) in [6, 6.07) is 25.7. The van der Waals surface area contributed by atoms with Crippen molar-refractivity contribution in [1.82, 2.24) is 5.32 Å². The van der Waals surface area contributed by atoms with E-state index in [0.29, 0.717) is 11.1 Å². The number of hydrogen-bond acceptors (Lipinski definition) is 3. The van der Waals surface area contributed by atoms with Crippen LogP contribution in [0.3, 0.4) is 0 Å². The third-order valence-electron chi connectivity index (χ3n) is 3.95. The number of carbonyl (C=O) groups is 2. The smallest absolute Gasteiger partial charge is 0.408 e. The van der Waals surface area contributed by atoms with Crippen LogP contribution in [0.4, 0.5) is 4.79 Å². The summed E-state index contributed by atoms with van der Waals surface area (Å²) in [6.07, 6.45) is -0.512. The van der Waals surface area contributed by atoms with Gasteiger partial charge in [0.25, 0.3) is 0 Å². The lowest BCUT2D eigenvalue weighted by atomic mass is 10.0. The first kappa shape index (κ1) is 18.9. The highest BCUT2D eigenvalue weighted by molar-refractivity contribution is 6.08. The summed E-state index contributed by atoms with van der Waals surface area (Å²) < 4.78 is 5.11. The van der Waals surface area contributed by atoms with Crippen molar-refractivity contribution in [2.75, 3.05) is 6.54 Å². The van der Waals surface area contributed by atoms with Crippen LogP contribution >= 0.6 is 0 Å². The van der Waals surface area contributed by atoms with Crippen LogP contribution in [-0.4, -0.2) is 18.4 Å². The molecule has 0 saturated heterocycles. The molecule has 0 aliphatic heterocycles. The Hall–Kier alpha value is -3.84. The summed E-state index contributed by atoms with van der Waals surface area (Å²) in [5.74, 6) is 5.79. The van der Waals surface area contributed by atoms with E-state index in [0.717, 1.165) is 11.1 Å². The zero-order valence-electron chi connectivity index (χ0n) is 15.2. The van der Waals surface area contributed by atoms with Crippen molar-refractivity contribution < 1.29 is 14.3 Å². The number of ether oxygens (including phenoxy) is 1. The molecule has 0 saturated carbocycles. The molecule has 0 fully saturated rings. The van der Waals surface area contributed by atoms with Gasteiger partial charge in [0, 0.05) is 16.7 Å². The third kappa shape index (κ3) is 5.58. The fraction of sp³-hybridized carbons (Fsp3) is 0.0833. The van der Waals surface area contributed by atoms with Crippen molar-refractivity contribution in [2.45, 2.75) is 6.61 Å². The molecule has 28 heavy (non-hydrogen) atoms. The zero-order chi connectivity index (χ0) is 19.6. The first-order valence-electron chi connectivity index (χ1n) is 8.85. The highest BCUT2D eigenvalue weighted by atomic mass is 16.5. The minimum atomic E-state index is -0.512. The number of hydrogen-bond donors (Lipinski definition) is 1. The standard InChI is InChI=1S/C24H19NO3/c26-23(21-11-5-2-6-12-21)22-15-13-19(14-16-22)10-7-17-25-24(27)28-18-20-8-3-1-4-9-20/h1-6,8-9,11-16H,17-18H2,(H,25,27). The van der Waals surface area contributed by atoms with Crippen molar-refractivity contribution in [3.8, 4) is 11.8 Å². The van der Waals surface area contributed by atoms with Gasteiger partial charge in [-0.1, -0.05) is 72.5 Å². The van der Waals surface area contributed by atoms with Crippen LogP contribution in [0, 0.1) is 11.8 Å². The topological polar surface area (TPSA) is 55.4 Å². The van der Waals surface area contributed by atoms with Gasteiger partial charge in [0.1, 0.15) is 6.61 Å². The minimum Gasteiger partial charge on any atom is -0.445 e. The van der Waals surface area contributed by atoms with E-state index in [-0.39, 0.29) is 18.9 Å². The maximum Gasteiger partial charge on any atom is 0.408 e. The number of benzene rings is 3. The molecular formula is C24H19NO3. The van der Waals surface area contributed by atoms with Crippen LogP contribution in [0.2, 0.25) is 0 Å². The quantitative estimate of drug-likeness (QED) is 0.542. The predicted octanol–water partition coefficient (Wildman–Crippen LogP) is 4.20. The van der Waals surface area contributed by atoms with E-state index >= 15 is 0 Å². The average molecular weight is 369 g/mol. The van der Waals surface area contributed by atoms with Gasteiger partial charge >= 0.3 is 6.09 Å². The van der Waals surface area contributed by atoms with Gasteiger partial charge in [-0.2, -0.15) is 0 Å². The molecule has 3 rings (SSSR count). The van der Waals surface area contributed by atoms with Gasteiger partial charge in [0.2, 0.25) is 0 Å². The Morgan fingerprint density at radius 2 is 1.39 bits per heavy atom. The molecule has 3 aromatic rings. The molecule has 4 heteroatoms. The van der Waals surface area contributed by atoms with E-state index in [9.17, 15) is 9.59 Å². The van der Waals surface area contributed by atoms with Gasteiger partial charge in [-0.3, -0.25) is 4.79 Å². The molecule has 0 heterocycles. The fourth-order valence-corrected chi connectivity index (χ4v) is 2.50. The normalized spacial score (nSPS) is 9.71. The van der Waals surface area contributed by atoms with Crippen LogP contribution < -0.4 is 5.32 Å². The molecule has 3 aromatic carbocycles. The lowest BCUT2D eigenvalue weighted by Gasteiger charge is -2.04. The Labute approximate surface area is 164 Å². The molecule has 0 spiro atoms. The number of alkyl carbamates (subject to hydrolysis) is 1. The Kier molecular flexibility index (Phi) is 6.59. The molecule has 0 unspecified atom stereocenters. The molecule has 0 radical (unpaired) electrons. The molecule has 1 N–H and O–H groups in total. The average Bonchev–Trinajstić information content (AvgIpc) is 2.76. The van der Waals surface area contributed by atoms with Crippen LogP contribution in [-0.2, 0) is 11.3 Å². The maximum atomic E-state index is 12.4. The third-order valence-corrected chi connectivity index (χ3v) is 3.95. The highest BCUT2D eigenvalue weighted by Gasteiger charge is 2.07. The maximum absolute atomic E-state index is 12.4. The summed E-state index contributed by atoms with van der Waals surface area (Å²) in [5.41, 5.74) is 2.96. The van der Waals surface area contributed by atoms with Gasteiger partial charge in [0.05, 0.1) is 6.54 Å². The number of ketones is 1. The minimum absolute atomic E-state index is 0.0251. The molecule has 0 aliphatic rings. The second-order valence-electron chi connectivity index (χ2n) is 5.99. The molecule has 0 atom stereocenters. The Morgan fingerprint density at radius 3 is 2.07 bits per heavy atom. The van der Waals surface area contributed by atoms with E-state index < -0.39 is 6.09 Å². The van der Waals surface area contributed by atoms with Crippen LogP contribution in [0.15, 0.2) is 84.9 Å². The number of carbonyl (C=O) groups excluding carboxylic acids is 2. The Morgan fingerprint density at radius 1 is 0.786 bits per heavy atom. The number of nitrogens with one attached hydrogen (secondary N) is 1. The Balaban J connectivity index is 1.46. The zero-order valence-corrected chi connectivity index (χ0v) is 15.2. The van der Waals surface area contributed by atoms with E-state index in [1.807, 2.05) is 48.5 Å². The van der Waals surface area contributed by atoms with E-state index in [1.54, 1.807) is 36.4 Å². The van der Waals surface area contributed by atoms with Crippen LogP contribution in [0.25, 0.3) is 0 Å². The summed E-state index contributed by atoms with van der Waals surface area (Å²) in [4.78, 5) is 24.0. The molecule has 0 bridgehead atoms. The van der Waals surface area contributed by atoms with E-state index in [2.05, 4.69) is 17.2 Å². The number of amides is 1. The molecular weight excluding hydrogens is 350 g/mol. The van der Waals surface area contributed by atoms with E-state index in [1.165, 1.54) is 0 Å². The van der Waals surface area contributed by atoms with Gasteiger partial charge in [-0.15, -0.1) is 0 Å². The molecule has 0 aliphatic carbocycles. The molecule has 4 nitrogen and oxygen atoms in total. The van der Waals surface area contributed by atoms with Crippen molar-refractivity contribution in [3.05, 3.63) is 107 Å². The lowest BCUT2D eigenvalue weighted by Crippen LogP contribution is -2.24. The van der Waals surface area contributed by atoms with Crippen LogP contribution in [0.5, 0.6) is 0 Å². The monoisotopic (exact) mass is 369 g/mol. The SMILES string of the molecule is O=C(NCC#Cc1ccc(C(=O)c2ccccc2)cc1)OCc1ccccc1. The fourth-order valence-electron chi connectivity index (χ4n) is 2.50. The lowest BCUT2D eigenvalue weighted by molar-refractivity contribution is 0.103. The van der Waals surface area contributed by atoms with Crippen molar-refractivity contribution in [1.29, 1.82) is 0 Å². The number of rotatable bonds is 5. The van der Waals surface area contributed by atoms with Crippen molar-refractivity contribution in [3.63, 3.8) is 0 Å². The molecule has 138 valence electrons. The van der Waals surface area contributed by atoms with Crippen molar-refractivity contribution in [2.24, 2.45) is 0 Å². The molecule has 1 amide bonds. The summed E-state index contributed by atoms with van der Waals surface area (Å²) in [6.45, 7) is 0.398. The van der Waals surface area contributed by atoms with Gasteiger partial charge < -0.3 is 10.1 Å². The largest absolute Gasteiger partial charge is 0.445 e.